The summed E-state index contributed by atoms with van der Waals surface area (Å²) in [6.07, 6.45) is 3.42. The van der Waals surface area contributed by atoms with Gasteiger partial charge in [-0.1, -0.05) is 20.3 Å². The van der Waals surface area contributed by atoms with Crippen molar-refractivity contribution in [2.45, 2.75) is 39.7 Å². The molecule has 0 radical (unpaired) electrons. The summed E-state index contributed by atoms with van der Waals surface area (Å²) in [4.78, 5) is 8.08. The number of rotatable bonds is 6. The number of hydrogen-bond acceptors (Lipinski definition) is 4. The summed E-state index contributed by atoms with van der Waals surface area (Å²) < 4.78 is 0. The lowest BCUT2D eigenvalue weighted by molar-refractivity contribution is 0.763. The Bertz CT molecular complexity index is 275. The molecule has 0 bridgehead atoms. The van der Waals surface area contributed by atoms with Crippen LogP contribution in [0.2, 0.25) is 0 Å². The van der Waals surface area contributed by atoms with Crippen LogP contribution in [0.1, 0.15) is 37.3 Å². The number of aromatic nitrogens is 1. The van der Waals surface area contributed by atoms with Gasteiger partial charge in [0.25, 0.3) is 0 Å². The minimum absolute atomic E-state index is 0.614. The number of nitrogens with two attached hydrogens (primary N) is 1. The molecule has 0 saturated heterocycles. The quantitative estimate of drug-likeness (QED) is 0.811. The molecule has 15 heavy (non-hydrogen) atoms. The predicted octanol–water partition coefficient (Wildman–Crippen LogP) is 2.40. The largest absolute Gasteiger partial charge is 0.351 e. The van der Waals surface area contributed by atoms with E-state index in [4.69, 9.17) is 5.73 Å². The maximum atomic E-state index is 5.69. The van der Waals surface area contributed by atoms with Gasteiger partial charge in [0.15, 0.2) is 5.13 Å². The van der Waals surface area contributed by atoms with Crippen LogP contribution in [0.3, 0.4) is 0 Å². The van der Waals surface area contributed by atoms with Crippen LogP contribution in [-0.4, -0.2) is 18.6 Å². The molecule has 2 N–H and O–H groups in total. The highest BCUT2D eigenvalue weighted by Crippen LogP contribution is 2.25. The SMILES string of the molecule is CCCCN(C)c1nc(CC)c(CN)s1. The number of aryl methyl sites for hydroxylation is 1. The second kappa shape index (κ2) is 6.08. The average Bonchev–Trinajstić information content (AvgIpc) is 2.68. The Morgan fingerprint density at radius 3 is 2.60 bits per heavy atom. The van der Waals surface area contributed by atoms with E-state index >= 15 is 0 Å². The maximum absolute atomic E-state index is 5.69. The van der Waals surface area contributed by atoms with E-state index in [-0.39, 0.29) is 0 Å². The molecule has 0 unspecified atom stereocenters. The fourth-order valence-electron chi connectivity index (χ4n) is 1.46. The molecule has 0 atom stereocenters. The Hall–Kier alpha value is -0.610. The van der Waals surface area contributed by atoms with E-state index in [1.165, 1.54) is 23.4 Å². The van der Waals surface area contributed by atoms with E-state index in [9.17, 15) is 0 Å². The van der Waals surface area contributed by atoms with Gasteiger partial charge in [0.05, 0.1) is 5.69 Å². The van der Waals surface area contributed by atoms with Crippen LogP contribution < -0.4 is 10.6 Å². The molecule has 4 heteroatoms. The highest BCUT2D eigenvalue weighted by Gasteiger charge is 2.11. The molecule has 0 amide bonds. The van der Waals surface area contributed by atoms with E-state index in [1.54, 1.807) is 11.3 Å². The topological polar surface area (TPSA) is 42.2 Å². The third-order valence-corrected chi connectivity index (χ3v) is 3.70. The third kappa shape index (κ3) is 3.18. The Labute approximate surface area is 96.3 Å². The Kier molecular flexibility index (Phi) is 5.05. The first-order valence-electron chi connectivity index (χ1n) is 5.62. The molecule has 0 aromatic carbocycles. The lowest BCUT2D eigenvalue weighted by atomic mass is 10.3. The summed E-state index contributed by atoms with van der Waals surface area (Å²) in [5, 5.41) is 1.11. The molecule has 1 rings (SSSR count). The third-order valence-electron chi connectivity index (χ3n) is 2.46. The minimum Gasteiger partial charge on any atom is -0.351 e. The fourth-order valence-corrected chi connectivity index (χ4v) is 2.47. The average molecular weight is 227 g/mol. The van der Waals surface area contributed by atoms with Gasteiger partial charge < -0.3 is 10.6 Å². The summed E-state index contributed by atoms with van der Waals surface area (Å²) >= 11 is 1.73. The summed E-state index contributed by atoms with van der Waals surface area (Å²) in [5.74, 6) is 0. The van der Waals surface area contributed by atoms with Gasteiger partial charge in [0.2, 0.25) is 0 Å². The smallest absolute Gasteiger partial charge is 0.185 e. The van der Waals surface area contributed by atoms with Crippen LogP contribution in [0.25, 0.3) is 0 Å². The Morgan fingerprint density at radius 1 is 1.40 bits per heavy atom. The van der Waals surface area contributed by atoms with Crippen LogP contribution in [0, 0.1) is 0 Å². The number of nitrogens with zero attached hydrogens (tertiary/aromatic N) is 2. The van der Waals surface area contributed by atoms with Crippen LogP contribution in [0.4, 0.5) is 5.13 Å². The summed E-state index contributed by atoms with van der Waals surface area (Å²) in [6, 6.07) is 0. The van der Waals surface area contributed by atoms with Crippen molar-refractivity contribution >= 4 is 16.5 Å². The van der Waals surface area contributed by atoms with Crippen molar-refractivity contribution in [3.63, 3.8) is 0 Å². The molecule has 1 aromatic heterocycles. The zero-order chi connectivity index (χ0) is 11.3. The van der Waals surface area contributed by atoms with Gasteiger partial charge in [-0.3, -0.25) is 0 Å². The van der Waals surface area contributed by atoms with Crippen molar-refractivity contribution in [2.75, 3.05) is 18.5 Å². The van der Waals surface area contributed by atoms with Crippen molar-refractivity contribution in [3.05, 3.63) is 10.6 Å². The van der Waals surface area contributed by atoms with E-state index in [2.05, 4.69) is 30.8 Å². The van der Waals surface area contributed by atoms with Crippen LogP contribution >= 0.6 is 11.3 Å². The zero-order valence-corrected chi connectivity index (χ0v) is 10.7. The van der Waals surface area contributed by atoms with Gasteiger partial charge in [-0.15, -0.1) is 11.3 Å². The highest BCUT2D eigenvalue weighted by molar-refractivity contribution is 7.15. The molecule has 0 aliphatic heterocycles. The van der Waals surface area contributed by atoms with E-state index < -0.39 is 0 Å². The Balaban J connectivity index is 2.72. The van der Waals surface area contributed by atoms with Crippen molar-refractivity contribution in [1.29, 1.82) is 0 Å². The van der Waals surface area contributed by atoms with E-state index in [1.807, 2.05) is 0 Å². The van der Waals surface area contributed by atoms with Gasteiger partial charge in [-0.25, -0.2) is 4.98 Å². The second-order valence-electron chi connectivity index (χ2n) is 3.70. The lowest BCUT2D eigenvalue weighted by Gasteiger charge is -2.14. The van der Waals surface area contributed by atoms with Crippen molar-refractivity contribution in [2.24, 2.45) is 5.73 Å². The summed E-state index contributed by atoms with van der Waals surface area (Å²) in [5.41, 5.74) is 6.86. The van der Waals surface area contributed by atoms with Crippen molar-refractivity contribution in [1.82, 2.24) is 4.98 Å². The van der Waals surface area contributed by atoms with Gasteiger partial charge >= 0.3 is 0 Å². The van der Waals surface area contributed by atoms with Crippen molar-refractivity contribution in [3.8, 4) is 0 Å². The highest BCUT2D eigenvalue weighted by atomic mass is 32.1. The van der Waals surface area contributed by atoms with E-state index in [0.717, 1.165) is 18.1 Å². The van der Waals surface area contributed by atoms with Gasteiger partial charge in [0.1, 0.15) is 0 Å². The number of hydrogen-bond donors (Lipinski definition) is 1. The van der Waals surface area contributed by atoms with Gasteiger partial charge in [0, 0.05) is 25.0 Å². The standard InChI is InChI=1S/C11H21N3S/c1-4-6-7-14(3)11-13-9(5-2)10(8-12)15-11/h4-8,12H2,1-3H3. The molecule has 3 nitrogen and oxygen atoms in total. The van der Waals surface area contributed by atoms with Gasteiger partial charge in [-0.05, 0) is 12.8 Å². The monoisotopic (exact) mass is 227 g/mol. The fraction of sp³-hybridized carbons (Fsp3) is 0.727. The van der Waals surface area contributed by atoms with Crippen LogP contribution in [0.15, 0.2) is 0 Å². The van der Waals surface area contributed by atoms with Gasteiger partial charge in [-0.2, -0.15) is 0 Å². The zero-order valence-electron chi connectivity index (χ0n) is 9.92. The molecule has 86 valence electrons. The molecule has 0 saturated carbocycles. The molecular weight excluding hydrogens is 206 g/mol. The molecule has 0 aliphatic carbocycles. The molecule has 0 spiro atoms. The molecular formula is C11H21N3S. The normalized spacial score (nSPS) is 10.7. The molecule has 1 aromatic rings. The first kappa shape index (κ1) is 12.5. The predicted molar refractivity (Wildman–Crippen MR) is 67.6 cm³/mol. The minimum atomic E-state index is 0.614. The van der Waals surface area contributed by atoms with Crippen LogP contribution in [0.5, 0.6) is 0 Å². The first-order valence-corrected chi connectivity index (χ1v) is 6.44. The summed E-state index contributed by atoms with van der Waals surface area (Å²) in [7, 11) is 2.11. The number of anilines is 1. The van der Waals surface area contributed by atoms with Crippen molar-refractivity contribution < 1.29 is 0 Å². The molecule has 0 fully saturated rings. The molecule has 1 heterocycles. The second-order valence-corrected chi connectivity index (χ2v) is 4.76. The lowest BCUT2D eigenvalue weighted by Crippen LogP contribution is -2.17. The first-order chi connectivity index (χ1) is 7.22. The number of thiazole rings is 1. The summed E-state index contributed by atoms with van der Waals surface area (Å²) in [6.45, 7) is 6.03. The Morgan fingerprint density at radius 2 is 2.13 bits per heavy atom. The van der Waals surface area contributed by atoms with Crippen LogP contribution in [-0.2, 0) is 13.0 Å². The molecule has 0 aliphatic rings. The maximum Gasteiger partial charge on any atom is 0.185 e. The number of unbranched alkanes of at least 4 members (excludes halogenated alkanes) is 1. The van der Waals surface area contributed by atoms with E-state index in [0.29, 0.717) is 6.54 Å².